The van der Waals surface area contributed by atoms with Crippen LogP contribution in [-0.2, 0) is 14.8 Å². The molecule has 0 aliphatic heterocycles. The quantitative estimate of drug-likeness (QED) is 0.628. The van der Waals surface area contributed by atoms with Crippen molar-refractivity contribution in [1.82, 2.24) is 10.6 Å². The van der Waals surface area contributed by atoms with E-state index in [1.807, 2.05) is 0 Å². The third-order valence-corrected chi connectivity index (χ3v) is 3.71. The van der Waals surface area contributed by atoms with Crippen LogP contribution in [0.5, 0.6) is 0 Å². The van der Waals surface area contributed by atoms with Gasteiger partial charge in [0.25, 0.3) is 5.91 Å². The summed E-state index contributed by atoms with van der Waals surface area (Å²) in [6.07, 6.45) is 2.96. The third kappa shape index (κ3) is 5.36. The van der Waals surface area contributed by atoms with Crippen molar-refractivity contribution in [3.8, 4) is 0 Å². The highest BCUT2D eigenvalue weighted by molar-refractivity contribution is 7.92. The molecular weight excluding hydrogens is 306 g/mol. The largest absolute Gasteiger partial charge is 0.354 e. The second-order valence-corrected chi connectivity index (χ2v) is 7.02. The molecule has 1 aromatic carbocycles. The van der Waals surface area contributed by atoms with E-state index in [2.05, 4.69) is 15.4 Å². The van der Waals surface area contributed by atoms with Gasteiger partial charge in [-0.2, -0.15) is 0 Å². The Kier molecular flexibility index (Phi) is 5.02. The van der Waals surface area contributed by atoms with Crippen molar-refractivity contribution >= 4 is 27.5 Å². The smallest absolute Gasteiger partial charge is 0.251 e. The highest BCUT2D eigenvalue weighted by Gasteiger charge is 2.28. The van der Waals surface area contributed by atoms with E-state index in [0.717, 1.165) is 19.1 Å². The summed E-state index contributed by atoms with van der Waals surface area (Å²) in [5.74, 6) is -0.0670. The lowest BCUT2D eigenvalue weighted by Gasteiger charge is -2.08. The Bertz CT molecular complexity index is 651. The number of hydrogen-bond acceptors (Lipinski definition) is 4. The molecular formula is C14H19N3O4S. The number of carbonyl (C=O) groups excluding carboxylic acids is 2. The number of amides is 2. The first-order valence-electron chi connectivity index (χ1n) is 6.99. The van der Waals surface area contributed by atoms with Gasteiger partial charge in [-0.05, 0) is 37.1 Å². The molecule has 0 saturated heterocycles. The summed E-state index contributed by atoms with van der Waals surface area (Å²) in [5.41, 5.74) is 0.823. The molecule has 0 atom stereocenters. The summed E-state index contributed by atoms with van der Waals surface area (Å²) < 4.78 is 24.5. The zero-order chi connectivity index (χ0) is 16.2. The fraction of sp³-hybridized carbons (Fsp3) is 0.429. The maximum absolute atomic E-state index is 11.9. The highest BCUT2D eigenvalue weighted by Crippen LogP contribution is 2.28. The molecule has 0 unspecified atom stereocenters. The summed E-state index contributed by atoms with van der Waals surface area (Å²) in [5, 5.41) is 5.44. The van der Waals surface area contributed by atoms with Gasteiger partial charge in [0, 0.05) is 30.3 Å². The van der Waals surface area contributed by atoms with Crippen molar-refractivity contribution in [2.45, 2.75) is 12.8 Å². The van der Waals surface area contributed by atoms with E-state index in [4.69, 9.17) is 0 Å². The van der Waals surface area contributed by atoms with Gasteiger partial charge in [0.2, 0.25) is 15.9 Å². The Labute approximate surface area is 129 Å². The molecule has 3 N–H and O–H groups in total. The SMILES string of the molecule is CS(=O)(=O)Nc1ccc(C(=O)NCCNC(=O)C2CC2)cc1. The topological polar surface area (TPSA) is 104 Å². The molecule has 1 fully saturated rings. The summed E-state index contributed by atoms with van der Waals surface area (Å²) in [6, 6.07) is 6.10. The van der Waals surface area contributed by atoms with E-state index in [9.17, 15) is 18.0 Å². The van der Waals surface area contributed by atoms with Crippen LogP contribution < -0.4 is 15.4 Å². The van der Waals surface area contributed by atoms with Gasteiger partial charge < -0.3 is 10.6 Å². The Morgan fingerprint density at radius 1 is 1.09 bits per heavy atom. The van der Waals surface area contributed by atoms with Crippen molar-refractivity contribution in [3.05, 3.63) is 29.8 Å². The molecule has 0 aromatic heterocycles. The van der Waals surface area contributed by atoms with E-state index in [0.29, 0.717) is 24.3 Å². The number of sulfonamides is 1. The molecule has 2 amide bonds. The number of nitrogens with one attached hydrogen (secondary N) is 3. The first kappa shape index (κ1) is 16.3. The number of anilines is 1. The van der Waals surface area contributed by atoms with Crippen molar-refractivity contribution in [3.63, 3.8) is 0 Å². The van der Waals surface area contributed by atoms with Gasteiger partial charge >= 0.3 is 0 Å². The van der Waals surface area contributed by atoms with Crippen molar-refractivity contribution < 1.29 is 18.0 Å². The average molecular weight is 325 g/mol. The van der Waals surface area contributed by atoms with E-state index >= 15 is 0 Å². The predicted molar refractivity (Wildman–Crippen MR) is 83.0 cm³/mol. The van der Waals surface area contributed by atoms with Crippen LogP contribution in [-0.4, -0.2) is 39.6 Å². The molecule has 1 aliphatic rings. The summed E-state index contributed by atoms with van der Waals surface area (Å²) in [4.78, 5) is 23.3. The molecule has 0 bridgehead atoms. The molecule has 0 radical (unpaired) electrons. The Morgan fingerprint density at radius 2 is 1.68 bits per heavy atom. The van der Waals surface area contributed by atoms with Crippen LogP contribution in [0, 0.1) is 5.92 Å². The van der Waals surface area contributed by atoms with Gasteiger partial charge in [-0.25, -0.2) is 8.42 Å². The van der Waals surface area contributed by atoms with E-state index in [-0.39, 0.29) is 17.7 Å². The van der Waals surface area contributed by atoms with Gasteiger partial charge in [0.05, 0.1) is 6.26 Å². The van der Waals surface area contributed by atoms with Crippen molar-refractivity contribution in [1.29, 1.82) is 0 Å². The maximum Gasteiger partial charge on any atom is 0.251 e. The van der Waals surface area contributed by atoms with Crippen LogP contribution in [0.15, 0.2) is 24.3 Å². The van der Waals surface area contributed by atoms with Gasteiger partial charge in [-0.1, -0.05) is 0 Å². The number of rotatable bonds is 7. The number of carbonyl (C=O) groups is 2. The Balaban J connectivity index is 1.75. The molecule has 0 heterocycles. The lowest BCUT2D eigenvalue weighted by atomic mass is 10.2. The van der Waals surface area contributed by atoms with Crippen LogP contribution in [0.4, 0.5) is 5.69 Å². The normalized spacial score (nSPS) is 14.2. The monoisotopic (exact) mass is 325 g/mol. The summed E-state index contributed by atoms with van der Waals surface area (Å²) in [6.45, 7) is 0.745. The maximum atomic E-state index is 11.9. The molecule has 2 rings (SSSR count). The van der Waals surface area contributed by atoms with Gasteiger partial charge in [0.15, 0.2) is 0 Å². The van der Waals surface area contributed by atoms with Crippen LogP contribution in [0.1, 0.15) is 23.2 Å². The van der Waals surface area contributed by atoms with Crippen LogP contribution >= 0.6 is 0 Å². The second kappa shape index (κ2) is 6.78. The van der Waals surface area contributed by atoms with Gasteiger partial charge in [0.1, 0.15) is 0 Å². The third-order valence-electron chi connectivity index (χ3n) is 3.11. The van der Waals surface area contributed by atoms with Gasteiger partial charge in [-0.3, -0.25) is 14.3 Å². The molecule has 1 aromatic rings. The Hall–Kier alpha value is -2.09. The summed E-state index contributed by atoms with van der Waals surface area (Å²) in [7, 11) is -3.33. The van der Waals surface area contributed by atoms with Gasteiger partial charge in [-0.15, -0.1) is 0 Å². The molecule has 8 heteroatoms. The second-order valence-electron chi connectivity index (χ2n) is 5.27. The Morgan fingerprint density at radius 3 is 2.23 bits per heavy atom. The van der Waals surface area contributed by atoms with Crippen molar-refractivity contribution in [2.75, 3.05) is 24.1 Å². The molecule has 120 valence electrons. The molecule has 1 aliphatic carbocycles. The lowest BCUT2D eigenvalue weighted by Crippen LogP contribution is -2.35. The fourth-order valence-corrected chi connectivity index (χ4v) is 2.42. The standard InChI is InChI=1S/C14H19N3O4S/c1-22(20,21)17-12-6-4-11(5-7-12)14(19)16-9-8-15-13(18)10-2-3-10/h4-7,10,17H,2-3,8-9H2,1H3,(H,15,18)(H,16,19). The minimum Gasteiger partial charge on any atom is -0.354 e. The molecule has 22 heavy (non-hydrogen) atoms. The average Bonchev–Trinajstić information content (AvgIpc) is 3.26. The van der Waals surface area contributed by atoms with E-state index in [1.54, 1.807) is 0 Å². The summed E-state index contributed by atoms with van der Waals surface area (Å²) >= 11 is 0. The molecule has 7 nitrogen and oxygen atoms in total. The lowest BCUT2D eigenvalue weighted by molar-refractivity contribution is -0.122. The molecule has 0 spiro atoms. The first-order chi connectivity index (χ1) is 10.3. The van der Waals surface area contributed by atoms with E-state index in [1.165, 1.54) is 24.3 Å². The van der Waals surface area contributed by atoms with Crippen LogP contribution in [0.3, 0.4) is 0 Å². The first-order valence-corrected chi connectivity index (χ1v) is 8.88. The predicted octanol–water partition coefficient (Wildman–Crippen LogP) is 0.314. The zero-order valence-electron chi connectivity index (χ0n) is 12.3. The molecule has 1 saturated carbocycles. The van der Waals surface area contributed by atoms with Crippen LogP contribution in [0.25, 0.3) is 0 Å². The minimum absolute atomic E-state index is 0.0467. The number of hydrogen-bond donors (Lipinski definition) is 3. The highest BCUT2D eigenvalue weighted by atomic mass is 32.2. The zero-order valence-corrected chi connectivity index (χ0v) is 13.1. The number of benzene rings is 1. The minimum atomic E-state index is -3.33. The van der Waals surface area contributed by atoms with Crippen molar-refractivity contribution in [2.24, 2.45) is 5.92 Å². The van der Waals surface area contributed by atoms with Crippen LogP contribution in [0.2, 0.25) is 0 Å². The van der Waals surface area contributed by atoms with E-state index < -0.39 is 10.0 Å². The fourth-order valence-electron chi connectivity index (χ4n) is 1.86.